The van der Waals surface area contributed by atoms with Crippen LogP contribution < -0.4 is 5.32 Å². The van der Waals surface area contributed by atoms with Gasteiger partial charge in [-0.2, -0.15) is 0 Å². The zero-order valence-electron chi connectivity index (χ0n) is 11.5. The summed E-state index contributed by atoms with van der Waals surface area (Å²) in [6.07, 6.45) is 6.55. The van der Waals surface area contributed by atoms with Crippen LogP contribution in [-0.2, 0) is 0 Å². The van der Waals surface area contributed by atoms with Gasteiger partial charge in [-0.05, 0) is 30.7 Å². The highest BCUT2D eigenvalue weighted by Crippen LogP contribution is 2.36. The predicted molar refractivity (Wildman–Crippen MR) is 70.2 cm³/mol. The summed E-state index contributed by atoms with van der Waals surface area (Å²) in [7, 11) is 0. The van der Waals surface area contributed by atoms with Crippen LogP contribution >= 0.6 is 0 Å². The molecule has 1 nitrogen and oxygen atoms in total. The molecular formula is C14H31N. The van der Waals surface area contributed by atoms with Crippen LogP contribution in [-0.4, -0.2) is 13.1 Å². The largest absolute Gasteiger partial charge is 0.316 e. The maximum atomic E-state index is 3.61. The minimum absolute atomic E-state index is 0.507. The maximum absolute atomic E-state index is 3.61. The van der Waals surface area contributed by atoms with Gasteiger partial charge in [-0.15, -0.1) is 0 Å². The van der Waals surface area contributed by atoms with E-state index in [4.69, 9.17) is 0 Å². The Morgan fingerprint density at radius 1 is 1.00 bits per heavy atom. The molecule has 0 spiro atoms. The normalized spacial score (nSPS) is 15.6. The molecule has 0 rings (SSSR count). The summed E-state index contributed by atoms with van der Waals surface area (Å²) in [6.45, 7) is 14.0. The van der Waals surface area contributed by atoms with E-state index in [1.807, 2.05) is 0 Å². The number of rotatable bonds is 9. The average Bonchev–Trinajstić information content (AvgIpc) is 2.20. The van der Waals surface area contributed by atoms with E-state index in [-0.39, 0.29) is 0 Å². The first kappa shape index (κ1) is 15.0. The highest BCUT2D eigenvalue weighted by atomic mass is 14.9. The first-order chi connectivity index (χ1) is 7.14. The Bertz CT molecular complexity index is 140. The fourth-order valence-electron chi connectivity index (χ4n) is 2.83. The van der Waals surface area contributed by atoms with Crippen LogP contribution in [0.1, 0.15) is 66.7 Å². The van der Waals surface area contributed by atoms with Gasteiger partial charge in [-0.25, -0.2) is 0 Å². The monoisotopic (exact) mass is 213 g/mol. The van der Waals surface area contributed by atoms with Crippen molar-refractivity contribution in [2.24, 2.45) is 11.3 Å². The molecule has 0 aliphatic rings. The van der Waals surface area contributed by atoms with Crippen molar-refractivity contribution in [1.82, 2.24) is 5.32 Å². The quantitative estimate of drug-likeness (QED) is 0.565. The van der Waals surface area contributed by atoms with Gasteiger partial charge in [-0.1, -0.05) is 53.9 Å². The lowest BCUT2D eigenvalue weighted by Gasteiger charge is -2.37. The molecule has 0 aromatic carbocycles. The summed E-state index contributed by atoms with van der Waals surface area (Å²) < 4.78 is 0. The molecule has 0 saturated heterocycles. The van der Waals surface area contributed by atoms with Crippen molar-refractivity contribution in [3.8, 4) is 0 Å². The van der Waals surface area contributed by atoms with Crippen LogP contribution in [0.2, 0.25) is 0 Å². The van der Waals surface area contributed by atoms with Gasteiger partial charge in [-0.3, -0.25) is 0 Å². The van der Waals surface area contributed by atoms with Crippen LogP contribution in [0, 0.1) is 11.3 Å². The lowest BCUT2D eigenvalue weighted by molar-refractivity contribution is 0.151. The van der Waals surface area contributed by atoms with Crippen LogP contribution in [0.3, 0.4) is 0 Å². The summed E-state index contributed by atoms with van der Waals surface area (Å²) in [4.78, 5) is 0. The van der Waals surface area contributed by atoms with E-state index >= 15 is 0 Å². The molecule has 15 heavy (non-hydrogen) atoms. The molecule has 0 aliphatic carbocycles. The van der Waals surface area contributed by atoms with E-state index in [2.05, 4.69) is 39.9 Å². The van der Waals surface area contributed by atoms with Crippen LogP contribution in [0.5, 0.6) is 0 Å². The van der Waals surface area contributed by atoms with E-state index in [0.29, 0.717) is 5.41 Å². The molecule has 0 amide bonds. The zero-order chi connectivity index (χ0) is 11.7. The third kappa shape index (κ3) is 5.01. The second-order valence-electron chi connectivity index (χ2n) is 5.09. The van der Waals surface area contributed by atoms with E-state index in [1.165, 1.54) is 45.2 Å². The van der Waals surface area contributed by atoms with E-state index in [1.54, 1.807) is 0 Å². The minimum Gasteiger partial charge on any atom is -0.316 e. The van der Waals surface area contributed by atoms with Crippen LogP contribution in [0.4, 0.5) is 0 Å². The molecular weight excluding hydrogens is 182 g/mol. The van der Waals surface area contributed by atoms with Gasteiger partial charge in [0, 0.05) is 6.54 Å². The van der Waals surface area contributed by atoms with Crippen molar-refractivity contribution in [2.75, 3.05) is 13.1 Å². The minimum atomic E-state index is 0.507. The van der Waals surface area contributed by atoms with E-state index < -0.39 is 0 Å². The topological polar surface area (TPSA) is 12.0 Å². The van der Waals surface area contributed by atoms with Gasteiger partial charge in [0.05, 0.1) is 0 Å². The molecule has 0 fully saturated rings. The molecule has 0 aliphatic heterocycles. The van der Waals surface area contributed by atoms with E-state index in [9.17, 15) is 0 Å². The number of hydrogen-bond acceptors (Lipinski definition) is 1. The van der Waals surface area contributed by atoms with Gasteiger partial charge < -0.3 is 5.32 Å². The van der Waals surface area contributed by atoms with Crippen molar-refractivity contribution < 1.29 is 0 Å². The van der Waals surface area contributed by atoms with Gasteiger partial charge in [0.1, 0.15) is 0 Å². The molecule has 0 radical (unpaired) electrons. The number of hydrogen-bond donors (Lipinski definition) is 1. The van der Waals surface area contributed by atoms with Gasteiger partial charge in [0.25, 0.3) is 0 Å². The Hall–Kier alpha value is -0.0400. The Labute approximate surface area is 97.0 Å². The second-order valence-corrected chi connectivity index (χ2v) is 5.09. The molecule has 0 heterocycles. The SMILES string of the molecule is CCCNCC(C)(CCC)C(CC)CC. The van der Waals surface area contributed by atoms with Crippen molar-refractivity contribution in [1.29, 1.82) is 0 Å². The molecule has 92 valence electrons. The molecule has 0 bridgehead atoms. The standard InChI is InChI=1S/C14H31N/c1-6-10-14(5,12-15-11-7-2)13(8-3)9-4/h13,15H,6-12H2,1-5H3. The summed E-state index contributed by atoms with van der Waals surface area (Å²) in [5.74, 6) is 0.877. The Balaban J connectivity index is 4.27. The molecule has 1 N–H and O–H groups in total. The first-order valence-corrected chi connectivity index (χ1v) is 6.85. The van der Waals surface area contributed by atoms with Crippen LogP contribution in [0.25, 0.3) is 0 Å². The summed E-state index contributed by atoms with van der Waals surface area (Å²) in [5.41, 5.74) is 0.507. The molecule has 0 aromatic rings. The second kappa shape index (κ2) is 8.15. The fraction of sp³-hybridized carbons (Fsp3) is 1.00. The predicted octanol–water partition coefficient (Wildman–Crippen LogP) is 4.23. The van der Waals surface area contributed by atoms with E-state index in [0.717, 1.165) is 5.92 Å². The Kier molecular flexibility index (Phi) is 8.13. The molecule has 1 unspecified atom stereocenters. The summed E-state index contributed by atoms with van der Waals surface area (Å²) in [5, 5.41) is 3.61. The third-order valence-corrected chi connectivity index (χ3v) is 3.75. The van der Waals surface area contributed by atoms with Gasteiger partial charge in [0.15, 0.2) is 0 Å². The highest BCUT2D eigenvalue weighted by molar-refractivity contribution is 4.83. The molecule has 1 heteroatoms. The van der Waals surface area contributed by atoms with Gasteiger partial charge in [0.2, 0.25) is 0 Å². The Morgan fingerprint density at radius 2 is 1.60 bits per heavy atom. The van der Waals surface area contributed by atoms with Crippen LogP contribution in [0.15, 0.2) is 0 Å². The van der Waals surface area contributed by atoms with Gasteiger partial charge >= 0.3 is 0 Å². The molecule has 0 saturated carbocycles. The fourth-order valence-corrected chi connectivity index (χ4v) is 2.83. The van der Waals surface area contributed by atoms with Crippen molar-refractivity contribution in [3.05, 3.63) is 0 Å². The molecule has 1 atom stereocenters. The maximum Gasteiger partial charge on any atom is 0.000781 e. The third-order valence-electron chi connectivity index (χ3n) is 3.75. The summed E-state index contributed by atoms with van der Waals surface area (Å²) in [6, 6.07) is 0. The van der Waals surface area contributed by atoms with Crippen molar-refractivity contribution in [2.45, 2.75) is 66.7 Å². The average molecular weight is 213 g/mol. The van der Waals surface area contributed by atoms with Crippen molar-refractivity contribution in [3.63, 3.8) is 0 Å². The lowest BCUT2D eigenvalue weighted by Crippen LogP contribution is -2.38. The zero-order valence-corrected chi connectivity index (χ0v) is 11.5. The molecule has 0 aromatic heterocycles. The highest BCUT2D eigenvalue weighted by Gasteiger charge is 2.30. The number of nitrogens with one attached hydrogen (secondary N) is 1. The van der Waals surface area contributed by atoms with Crippen molar-refractivity contribution >= 4 is 0 Å². The lowest BCUT2D eigenvalue weighted by atomic mass is 9.71. The first-order valence-electron chi connectivity index (χ1n) is 6.85. The summed E-state index contributed by atoms with van der Waals surface area (Å²) >= 11 is 0. The Morgan fingerprint density at radius 3 is 2.00 bits per heavy atom. The smallest absolute Gasteiger partial charge is 0.000781 e.